The molecule has 2 heterocycles. The highest BCUT2D eigenvalue weighted by Gasteiger charge is 2.14. The Morgan fingerprint density at radius 2 is 1.72 bits per heavy atom. The highest BCUT2D eigenvalue weighted by atomic mass is 16.5. The fourth-order valence-corrected chi connectivity index (χ4v) is 3.02. The third kappa shape index (κ3) is 4.64. The molecule has 0 spiro atoms. The predicted molar refractivity (Wildman–Crippen MR) is 120 cm³/mol. The average Bonchev–Trinajstić information content (AvgIpc) is 3.14. The molecule has 0 unspecified atom stereocenters. The molecule has 10 nitrogen and oxygen atoms in total. The van der Waals surface area contributed by atoms with Crippen LogP contribution in [0.25, 0.3) is 12.0 Å². The molecule has 0 saturated heterocycles. The maximum absolute atomic E-state index is 12.6. The number of aromatic nitrogens is 4. The first kappa shape index (κ1) is 22.6. The average molecular weight is 439 g/mol. The van der Waals surface area contributed by atoms with E-state index in [1.165, 1.54) is 32.1 Å². The molecule has 0 bridgehead atoms. The number of carbonyl (C=O) groups is 1. The Balaban J connectivity index is 1.87. The number of hydrogen-bond acceptors (Lipinski definition) is 7. The second-order valence-electron chi connectivity index (χ2n) is 6.96. The number of aryl methyl sites for hydroxylation is 2. The molecule has 0 saturated carbocycles. The van der Waals surface area contributed by atoms with Gasteiger partial charge < -0.3 is 19.5 Å². The van der Waals surface area contributed by atoms with Crippen LogP contribution in [0, 0.1) is 20.8 Å². The zero-order chi connectivity index (χ0) is 23.4. The van der Waals surface area contributed by atoms with Gasteiger partial charge in [0.1, 0.15) is 5.82 Å². The summed E-state index contributed by atoms with van der Waals surface area (Å²) < 4.78 is 17.3. The molecule has 0 atom stereocenters. The quantitative estimate of drug-likeness (QED) is 0.543. The molecule has 2 N–H and O–H groups in total. The number of amides is 1. The number of anilines is 1. The summed E-state index contributed by atoms with van der Waals surface area (Å²) in [6, 6.07) is 5.13. The first-order chi connectivity index (χ1) is 15.3. The van der Waals surface area contributed by atoms with Crippen molar-refractivity contribution in [1.29, 1.82) is 0 Å². The predicted octanol–water partition coefficient (Wildman–Crippen LogP) is 2.56. The van der Waals surface area contributed by atoms with Crippen LogP contribution in [0.2, 0.25) is 0 Å². The van der Waals surface area contributed by atoms with Gasteiger partial charge in [0.2, 0.25) is 17.6 Å². The molecule has 3 rings (SSSR count). The Bertz CT molecular complexity index is 1220. The zero-order valence-electron chi connectivity index (χ0n) is 18.8. The van der Waals surface area contributed by atoms with Crippen LogP contribution < -0.4 is 25.1 Å². The van der Waals surface area contributed by atoms with Crippen molar-refractivity contribution in [2.24, 2.45) is 0 Å². The maximum Gasteiger partial charge on any atom is 0.255 e. The lowest BCUT2D eigenvalue weighted by Crippen LogP contribution is -2.20. The summed E-state index contributed by atoms with van der Waals surface area (Å²) in [7, 11) is 4.56. The van der Waals surface area contributed by atoms with Crippen LogP contribution in [0.1, 0.15) is 22.5 Å². The van der Waals surface area contributed by atoms with Gasteiger partial charge in [0.25, 0.3) is 5.56 Å². The Labute approximate surface area is 184 Å². The van der Waals surface area contributed by atoms with E-state index in [4.69, 9.17) is 14.2 Å². The molecule has 10 heteroatoms. The lowest BCUT2D eigenvalue weighted by molar-refractivity contribution is -0.111. The van der Waals surface area contributed by atoms with E-state index in [-0.39, 0.29) is 11.5 Å². The Morgan fingerprint density at radius 3 is 2.28 bits per heavy atom. The van der Waals surface area contributed by atoms with Crippen LogP contribution in [0.5, 0.6) is 17.2 Å². The van der Waals surface area contributed by atoms with Gasteiger partial charge in [-0.1, -0.05) is 0 Å². The number of aromatic amines is 1. The number of benzene rings is 1. The van der Waals surface area contributed by atoms with E-state index in [9.17, 15) is 9.59 Å². The van der Waals surface area contributed by atoms with E-state index in [1.54, 1.807) is 45.0 Å². The van der Waals surface area contributed by atoms with Crippen LogP contribution in [-0.4, -0.2) is 47.0 Å². The molecular weight excluding hydrogens is 414 g/mol. The molecule has 32 heavy (non-hydrogen) atoms. The summed E-state index contributed by atoms with van der Waals surface area (Å²) in [4.78, 5) is 31.7. The maximum atomic E-state index is 12.6. The Morgan fingerprint density at radius 1 is 1.06 bits per heavy atom. The van der Waals surface area contributed by atoms with Gasteiger partial charge in [-0.3, -0.25) is 14.6 Å². The summed E-state index contributed by atoms with van der Waals surface area (Å²) >= 11 is 0. The summed E-state index contributed by atoms with van der Waals surface area (Å²) in [5.74, 6) is 1.61. The summed E-state index contributed by atoms with van der Waals surface area (Å²) in [5.41, 5.74) is 2.17. The summed E-state index contributed by atoms with van der Waals surface area (Å²) in [6.07, 6.45) is 2.98. The first-order valence-corrected chi connectivity index (χ1v) is 9.71. The third-order valence-electron chi connectivity index (χ3n) is 4.78. The number of ether oxygens (including phenoxy) is 3. The third-order valence-corrected chi connectivity index (χ3v) is 4.78. The molecule has 0 aliphatic rings. The van der Waals surface area contributed by atoms with Crippen molar-refractivity contribution in [3.05, 3.63) is 57.1 Å². The first-order valence-electron chi connectivity index (χ1n) is 9.71. The molecular formula is C22H25N5O5. The second-order valence-corrected chi connectivity index (χ2v) is 6.96. The van der Waals surface area contributed by atoms with Crippen molar-refractivity contribution in [1.82, 2.24) is 19.7 Å². The highest BCUT2D eigenvalue weighted by Crippen LogP contribution is 2.38. The molecule has 3 aromatic rings. The zero-order valence-corrected chi connectivity index (χ0v) is 18.8. The number of carbonyl (C=O) groups excluding carboxylic acids is 1. The van der Waals surface area contributed by atoms with Crippen molar-refractivity contribution in [2.45, 2.75) is 20.8 Å². The fourth-order valence-electron chi connectivity index (χ4n) is 3.02. The normalized spacial score (nSPS) is 10.9. The van der Waals surface area contributed by atoms with Crippen LogP contribution in [0.3, 0.4) is 0 Å². The molecule has 0 radical (unpaired) electrons. The number of rotatable bonds is 7. The molecule has 0 fully saturated rings. The minimum Gasteiger partial charge on any atom is -0.493 e. The Kier molecular flexibility index (Phi) is 6.62. The van der Waals surface area contributed by atoms with E-state index in [0.29, 0.717) is 45.6 Å². The number of nitrogens with zero attached hydrogens (tertiary/aromatic N) is 3. The Hall–Kier alpha value is -4.08. The topological polar surface area (TPSA) is 120 Å². The van der Waals surface area contributed by atoms with Gasteiger partial charge in [0.05, 0.1) is 27.0 Å². The van der Waals surface area contributed by atoms with Gasteiger partial charge in [-0.15, -0.1) is 0 Å². The second kappa shape index (κ2) is 9.38. The van der Waals surface area contributed by atoms with Gasteiger partial charge in [-0.25, -0.2) is 4.98 Å². The van der Waals surface area contributed by atoms with Crippen molar-refractivity contribution in [3.8, 4) is 23.2 Å². The number of H-pyrrole nitrogens is 1. The molecule has 168 valence electrons. The summed E-state index contributed by atoms with van der Waals surface area (Å²) in [5, 5.41) is 7.09. The lowest BCUT2D eigenvalue weighted by Gasteiger charge is -2.12. The van der Waals surface area contributed by atoms with Crippen molar-refractivity contribution < 1.29 is 19.0 Å². The lowest BCUT2D eigenvalue weighted by atomic mass is 10.1. The fraction of sp³-hybridized carbons (Fsp3) is 0.273. The number of methoxy groups -OCH3 is 3. The SMILES string of the molecule is COc1cc(/C=C/C(=O)Nc2cc(C)nn2-c2nc(C)c(C)c(=O)[nH]2)cc(OC)c1OC. The van der Waals surface area contributed by atoms with E-state index < -0.39 is 5.91 Å². The van der Waals surface area contributed by atoms with Crippen LogP contribution in [0.4, 0.5) is 5.82 Å². The van der Waals surface area contributed by atoms with Crippen LogP contribution in [0.15, 0.2) is 29.1 Å². The standard InChI is InChI=1S/C22H25N5O5/c1-12-9-18(27(26-12)22-23-14(3)13(2)21(29)25-22)24-19(28)8-7-15-10-16(30-4)20(32-6)17(11-15)31-5/h7-11H,1-6H3,(H,24,28)(H,23,25,29)/b8-7+. The van der Waals surface area contributed by atoms with E-state index >= 15 is 0 Å². The van der Waals surface area contributed by atoms with E-state index in [1.807, 2.05) is 0 Å². The monoisotopic (exact) mass is 439 g/mol. The molecule has 1 aromatic carbocycles. The molecule has 0 aliphatic carbocycles. The van der Waals surface area contributed by atoms with Gasteiger partial charge in [0.15, 0.2) is 11.5 Å². The molecule has 2 aromatic heterocycles. The number of hydrogen-bond donors (Lipinski definition) is 2. The van der Waals surface area contributed by atoms with E-state index in [2.05, 4.69) is 20.4 Å². The van der Waals surface area contributed by atoms with E-state index in [0.717, 1.165) is 0 Å². The smallest absolute Gasteiger partial charge is 0.255 e. The molecule has 0 aliphatic heterocycles. The minimum absolute atomic E-state index is 0.218. The van der Waals surface area contributed by atoms with Gasteiger partial charge >= 0.3 is 0 Å². The minimum atomic E-state index is -0.397. The van der Waals surface area contributed by atoms with Crippen LogP contribution >= 0.6 is 0 Å². The van der Waals surface area contributed by atoms with Gasteiger partial charge in [0, 0.05) is 23.4 Å². The molecule has 1 amide bonds. The van der Waals surface area contributed by atoms with Crippen molar-refractivity contribution >= 4 is 17.8 Å². The van der Waals surface area contributed by atoms with Crippen molar-refractivity contribution in [2.75, 3.05) is 26.6 Å². The van der Waals surface area contributed by atoms with Gasteiger partial charge in [-0.05, 0) is 44.5 Å². The highest BCUT2D eigenvalue weighted by molar-refractivity contribution is 6.01. The number of nitrogens with one attached hydrogen (secondary N) is 2. The van der Waals surface area contributed by atoms with Crippen LogP contribution in [-0.2, 0) is 4.79 Å². The van der Waals surface area contributed by atoms with Crippen molar-refractivity contribution in [3.63, 3.8) is 0 Å². The van der Waals surface area contributed by atoms with Gasteiger partial charge in [-0.2, -0.15) is 9.78 Å². The summed E-state index contributed by atoms with van der Waals surface area (Å²) in [6.45, 7) is 5.20. The largest absolute Gasteiger partial charge is 0.493 e.